The highest BCUT2D eigenvalue weighted by Gasteiger charge is 2.04. The summed E-state index contributed by atoms with van der Waals surface area (Å²) in [5, 5.41) is 6.16. The van der Waals surface area contributed by atoms with Crippen molar-refractivity contribution in [1.82, 2.24) is 5.32 Å². The number of amides is 1. The number of hydrogen-bond acceptors (Lipinski definition) is 3. The van der Waals surface area contributed by atoms with Crippen LogP contribution in [-0.2, 0) is 4.79 Å². The van der Waals surface area contributed by atoms with Gasteiger partial charge in [-0.3, -0.25) is 4.79 Å². The lowest BCUT2D eigenvalue weighted by Gasteiger charge is -2.11. The number of nitrogens with one attached hydrogen (secondary N) is 2. The molecule has 0 fully saturated rings. The molecule has 0 unspecified atom stereocenters. The zero-order valence-electron chi connectivity index (χ0n) is 10.6. The molecule has 0 bridgehead atoms. The molecule has 0 spiro atoms. The number of anilines is 1. The fourth-order valence-corrected chi connectivity index (χ4v) is 2.07. The van der Waals surface area contributed by atoms with Gasteiger partial charge in [-0.15, -0.1) is 11.8 Å². The van der Waals surface area contributed by atoms with Crippen LogP contribution in [0.1, 0.15) is 20.3 Å². The summed E-state index contributed by atoms with van der Waals surface area (Å²) in [6, 6.07) is 8.33. The summed E-state index contributed by atoms with van der Waals surface area (Å²) in [6.07, 6.45) is 2.55. The van der Waals surface area contributed by atoms with Gasteiger partial charge in [-0.05, 0) is 32.2 Å². The number of para-hydroxylation sites is 1. The predicted molar refractivity (Wildman–Crippen MR) is 74.6 cm³/mol. The summed E-state index contributed by atoms with van der Waals surface area (Å²) in [6.45, 7) is 4.60. The molecule has 1 rings (SSSR count). The number of rotatable bonds is 6. The minimum atomic E-state index is 0.0918. The fraction of sp³-hybridized carbons (Fsp3) is 0.462. The molecule has 0 aromatic heterocycles. The molecule has 0 aliphatic rings. The molecule has 0 aliphatic heterocycles. The van der Waals surface area contributed by atoms with Gasteiger partial charge in [0.1, 0.15) is 0 Å². The van der Waals surface area contributed by atoms with E-state index in [1.165, 1.54) is 4.90 Å². The Morgan fingerprint density at radius 2 is 2.06 bits per heavy atom. The van der Waals surface area contributed by atoms with Crippen molar-refractivity contribution in [2.75, 3.05) is 18.1 Å². The molecule has 2 N–H and O–H groups in total. The van der Waals surface area contributed by atoms with Crippen molar-refractivity contribution in [3.05, 3.63) is 24.3 Å². The number of thioether (sulfide) groups is 1. The van der Waals surface area contributed by atoms with Gasteiger partial charge in [-0.25, -0.2) is 0 Å². The highest BCUT2D eigenvalue weighted by molar-refractivity contribution is 7.98. The molecule has 0 saturated carbocycles. The van der Waals surface area contributed by atoms with Crippen LogP contribution in [0.4, 0.5) is 5.69 Å². The van der Waals surface area contributed by atoms with Gasteiger partial charge in [0.2, 0.25) is 5.91 Å². The van der Waals surface area contributed by atoms with E-state index in [1.54, 1.807) is 11.8 Å². The fourth-order valence-electron chi connectivity index (χ4n) is 1.50. The minimum Gasteiger partial charge on any atom is -0.384 e. The van der Waals surface area contributed by atoms with Crippen molar-refractivity contribution in [2.45, 2.75) is 31.2 Å². The monoisotopic (exact) mass is 252 g/mol. The number of carbonyl (C=O) groups excluding carboxylic acids is 1. The molecule has 1 amide bonds. The van der Waals surface area contributed by atoms with Gasteiger partial charge in [-0.1, -0.05) is 12.1 Å². The van der Waals surface area contributed by atoms with Crippen LogP contribution >= 0.6 is 11.8 Å². The van der Waals surface area contributed by atoms with E-state index in [4.69, 9.17) is 0 Å². The van der Waals surface area contributed by atoms with E-state index in [9.17, 15) is 4.79 Å². The number of benzene rings is 1. The highest BCUT2D eigenvalue weighted by atomic mass is 32.2. The Hall–Kier alpha value is -1.16. The zero-order valence-corrected chi connectivity index (χ0v) is 11.4. The topological polar surface area (TPSA) is 41.1 Å². The van der Waals surface area contributed by atoms with E-state index in [-0.39, 0.29) is 11.9 Å². The first-order chi connectivity index (χ1) is 8.13. The van der Waals surface area contributed by atoms with Crippen molar-refractivity contribution in [2.24, 2.45) is 0 Å². The molecule has 1 aromatic carbocycles. The van der Waals surface area contributed by atoms with Crippen molar-refractivity contribution >= 4 is 23.4 Å². The van der Waals surface area contributed by atoms with Gasteiger partial charge in [0.15, 0.2) is 0 Å². The summed E-state index contributed by atoms with van der Waals surface area (Å²) in [4.78, 5) is 12.6. The van der Waals surface area contributed by atoms with Crippen molar-refractivity contribution in [3.8, 4) is 0 Å². The van der Waals surface area contributed by atoms with Gasteiger partial charge >= 0.3 is 0 Å². The number of hydrogen-bond donors (Lipinski definition) is 2. The van der Waals surface area contributed by atoms with Crippen LogP contribution in [-0.4, -0.2) is 24.7 Å². The molecule has 0 saturated heterocycles. The van der Waals surface area contributed by atoms with Crippen molar-refractivity contribution < 1.29 is 4.79 Å². The van der Waals surface area contributed by atoms with Gasteiger partial charge < -0.3 is 10.6 Å². The van der Waals surface area contributed by atoms with Gasteiger partial charge in [0.25, 0.3) is 0 Å². The Kier molecular flexibility index (Phi) is 5.91. The Balaban J connectivity index is 2.38. The van der Waals surface area contributed by atoms with E-state index in [2.05, 4.69) is 16.7 Å². The molecule has 4 heteroatoms. The first kappa shape index (κ1) is 13.9. The third kappa shape index (κ3) is 5.13. The molecule has 1 aromatic rings. The Morgan fingerprint density at radius 1 is 1.35 bits per heavy atom. The molecule has 0 aliphatic carbocycles. The van der Waals surface area contributed by atoms with Crippen molar-refractivity contribution in [1.29, 1.82) is 0 Å². The molecular weight excluding hydrogens is 232 g/mol. The van der Waals surface area contributed by atoms with Gasteiger partial charge in [-0.2, -0.15) is 0 Å². The minimum absolute atomic E-state index is 0.0918. The second kappa shape index (κ2) is 7.22. The summed E-state index contributed by atoms with van der Waals surface area (Å²) in [7, 11) is 0. The predicted octanol–water partition coefficient (Wildman–Crippen LogP) is 2.74. The van der Waals surface area contributed by atoms with Crippen LogP contribution in [0.25, 0.3) is 0 Å². The summed E-state index contributed by atoms with van der Waals surface area (Å²) >= 11 is 1.70. The second-order valence-corrected chi connectivity index (χ2v) is 4.95. The lowest BCUT2D eigenvalue weighted by molar-refractivity contribution is -0.121. The quantitative estimate of drug-likeness (QED) is 0.765. The average Bonchev–Trinajstić information content (AvgIpc) is 2.28. The van der Waals surface area contributed by atoms with Gasteiger partial charge in [0, 0.05) is 29.6 Å². The lowest BCUT2D eigenvalue weighted by atomic mass is 10.3. The molecule has 0 atom stereocenters. The van der Waals surface area contributed by atoms with Crippen LogP contribution in [0.3, 0.4) is 0 Å². The SMILES string of the molecule is CSc1ccccc1NCCC(=O)NC(C)C. The Morgan fingerprint density at radius 3 is 2.71 bits per heavy atom. The third-order valence-corrected chi connectivity index (χ3v) is 3.02. The Bertz CT molecular complexity index is 366. The summed E-state index contributed by atoms with van der Waals surface area (Å²) in [5.41, 5.74) is 1.09. The maximum absolute atomic E-state index is 11.4. The maximum atomic E-state index is 11.4. The highest BCUT2D eigenvalue weighted by Crippen LogP contribution is 2.24. The van der Waals surface area contributed by atoms with Gasteiger partial charge in [0.05, 0.1) is 0 Å². The third-order valence-electron chi connectivity index (χ3n) is 2.22. The summed E-state index contributed by atoms with van der Waals surface area (Å²) < 4.78 is 0. The molecule has 0 heterocycles. The second-order valence-electron chi connectivity index (χ2n) is 4.10. The van der Waals surface area contributed by atoms with Crippen LogP contribution in [0, 0.1) is 0 Å². The van der Waals surface area contributed by atoms with Crippen molar-refractivity contribution in [3.63, 3.8) is 0 Å². The molecule has 3 nitrogen and oxygen atoms in total. The van der Waals surface area contributed by atoms with E-state index >= 15 is 0 Å². The van der Waals surface area contributed by atoms with Crippen LogP contribution in [0.15, 0.2) is 29.2 Å². The first-order valence-electron chi connectivity index (χ1n) is 5.79. The number of carbonyl (C=O) groups is 1. The van der Waals surface area contributed by atoms with Crippen LogP contribution < -0.4 is 10.6 Å². The lowest BCUT2D eigenvalue weighted by Crippen LogP contribution is -2.31. The van der Waals surface area contributed by atoms with Crippen LogP contribution in [0.2, 0.25) is 0 Å². The van der Waals surface area contributed by atoms with E-state index < -0.39 is 0 Å². The molecular formula is C13H20N2OS. The largest absolute Gasteiger partial charge is 0.384 e. The normalized spacial score (nSPS) is 10.4. The standard InChI is InChI=1S/C13H20N2OS/c1-10(2)15-13(16)8-9-14-11-6-4-5-7-12(11)17-3/h4-7,10,14H,8-9H2,1-3H3,(H,15,16). The molecule has 17 heavy (non-hydrogen) atoms. The van der Waals surface area contributed by atoms with E-state index in [1.807, 2.05) is 38.3 Å². The van der Waals surface area contributed by atoms with E-state index in [0.717, 1.165) is 5.69 Å². The molecule has 94 valence electrons. The smallest absolute Gasteiger partial charge is 0.221 e. The maximum Gasteiger partial charge on any atom is 0.221 e. The molecule has 0 radical (unpaired) electrons. The average molecular weight is 252 g/mol. The van der Waals surface area contributed by atoms with Crippen LogP contribution in [0.5, 0.6) is 0 Å². The Labute approximate surface area is 107 Å². The first-order valence-corrected chi connectivity index (χ1v) is 7.02. The summed E-state index contributed by atoms with van der Waals surface area (Å²) in [5.74, 6) is 0.0918. The van der Waals surface area contributed by atoms with E-state index in [0.29, 0.717) is 13.0 Å². The zero-order chi connectivity index (χ0) is 12.7.